The Bertz CT molecular complexity index is 780. The lowest BCUT2D eigenvalue weighted by Gasteiger charge is -2.34. The van der Waals surface area contributed by atoms with Gasteiger partial charge in [0.2, 0.25) is 5.13 Å². The largest absolute Gasteiger partial charge is 0.357 e. The minimum Gasteiger partial charge on any atom is -0.357 e. The number of benzene rings is 1. The number of urea groups is 1. The van der Waals surface area contributed by atoms with Gasteiger partial charge in [-0.25, -0.2) is 4.79 Å². The highest BCUT2D eigenvalue weighted by Gasteiger charge is 2.29. The maximum Gasteiger partial charge on any atom is 0.324 e. The average molecular weight is 327 g/mol. The molecule has 0 saturated carbocycles. The quantitative estimate of drug-likeness (QED) is 0.752. The maximum atomic E-state index is 12.6. The number of fused-ring (bicyclic) bond motifs is 1. The minimum absolute atomic E-state index is 0.0732. The molecule has 0 radical (unpaired) electrons. The Balaban J connectivity index is 1.60. The fourth-order valence-electron chi connectivity index (χ4n) is 3.16. The van der Waals surface area contributed by atoms with Gasteiger partial charge < -0.3 is 9.88 Å². The number of H-pyrrole nitrogens is 1. The number of anilines is 1. The van der Waals surface area contributed by atoms with Crippen LogP contribution in [0.2, 0.25) is 0 Å². The first-order valence-electron chi connectivity index (χ1n) is 7.73. The Labute approximate surface area is 137 Å². The van der Waals surface area contributed by atoms with Crippen molar-refractivity contribution in [1.29, 1.82) is 0 Å². The third kappa shape index (κ3) is 2.79. The minimum atomic E-state index is -0.106. The summed E-state index contributed by atoms with van der Waals surface area (Å²) in [6.07, 6.45) is 3.12. The summed E-state index contributed by atoms with van der Waals surface area (Å²) in [5.41, 5.74) is 3.82. The molecule has 1 fully saturated rings. The molecule has 1 aliphatic heterocycles. The zero-order valence-electron chi connectivity index (χ0n) is 12.5. The predicted octanol–water partition coefficient (Wildman–Crippen LogP) is 3.78. The lowest BCUT2D eigenvalue weighted by Crippen LogP contribution is -2.41. The number of hydrogen-bond donors (Lipinski definition) is 2. The van der Waals surface area contributed by atoms with Crippen molar-refractivity contribution in [1.82, 2.24) is 20.1 Å². The molecular formula is C16H17N5OS. The molecule has 2 amide bonds. The zero-order valence-corrected chi connectivity index (χ0v) is 13.3. The number of aromatic amines is 1. The standard InChI is InChI=1S/C16H17N5OS/c22-16(19-15-20-17-10-23-15)21-8-4-3-7-14(21)13-9-11-5-1-2-6-12(11)18-13/h1-2,5-6,9-10,14,18H,3-4,7-8H2,(H,19,20,22)/t14-/m0/s1. The molecule has 4 rings (SSSR count). The Morgan fingerprint density at radius 3 is 3.09 bits per heavy atom. The van der Waals surface area contributed by atoms with E-state index >= 15 is 0 Å². The van der Waals surface area contributed by atoms with Gasteiger partial charge in [0.25, 0.3) is 0 Å². The molecule has 7 heteroatoms. The second-order valence-electron chi connectivity index (χ2n) is 5.69. The van der Waals surface area contributed by atoms with Crippen LogP contribution in [-0.4, -0.2) is 32.7 Å². The second kappa shape index (κ2) is 6.00. The van der Waals surface area contributed by atoms with Crippen LogP contribution in [0.5, 0.6) is 0 Å². The summed E-state index contributed by atoms with van der Waals surface area (Å²) in [7, 11) is 0. The van der Waals surface area contributed by atoms with Gasteiger partial charge in [-0.3, -0.25) is 5.32 Å². The fourth-order valence-corrected chi connectivity index (χ4v) is 3.60. The van der Waals surface area contributed by atoms with Crippen LogP contribution in [0, 0.1) is 0 Å². The van der Waals surface area contributed by atoms with Crippen molar-refractivity contribution in [2.45, 2.75) is 25.3 Å². The van der Waals surface area contributed by atoms with E-state index in [1.54, 1.807) is 5.51 Å². The molecule has 1 atom stereocenters. The van der Waals surface area contributed by atoms with Crippen LogP contribution in [0.1, 0.15) is 31.0 Å². The highest BCUT2D eigenvalue weighted by atomic mass is 32.1. The number of nitrogens with zero attached hydrogens (tertiary/aromatic N) is 3. The third-order valence-corrected chi connectivity index (χ3v) is 4.85. The number of para-hydroxylation sites is 1. The van der Waals surface area contributed by atoms with Crippen molar-refractivity contribution >= 4 is 33.4 Å². The Kier molecular flexibility index (Phi) is 3.70. The summed E-state index contributed by atoms with van der Waals surface area (Å²) in [6.45, 7) is 0.755. The van der Waals surface area contributed by atoms with E-state index in [0.717, 1.165) is 37.0 Å². The number of carbonyl (C=O) groups is 1. The highest BCUT2D eigenvalue weighted by molar-refractivity contribution is 7.13. The SMILES string of the molecule is O=C(Nc1nncs1)N1CCCC[C@H]1c1cc2ccccc2[nH]1. The van der Waals surface area contributed by atoms with Crippen LogP contribution in [0.15, 0.2) is 35.8 Å². The molecule has 2 N–H and O–H groups in total. The number of nitrogens with one attached hydrogen (secondary N) is 2. The van der Waals surface area contributed by atoms with Crippen LogP contribution in [0.3, 0.4) is 0 Å². The first-order chi connectivity index (χ1) is 11.3. The van der Waals surface area contributed by atoms with Gasteiger partial charge >= 0.3 is 6.03 Å². The van der Waals surface area contributed by atoms with Crippen LogP contribution < -0.4 is 5.32 Å². The van der Waals surface area contributed by atoms with Gasteiger partial charge in [0, 0.05) is 17.8 Å². The summed E-state index contributed by atoms with van der Waals surface area (Å²) in [5.74, 6) is 0. The first-order valence-corrected chi connectivity index (χ1v) is 8.61. The average Bonchev–Trinajstić information content (AvgIpc) is 3.23. The summed E-state index contributed by atoms with van der Waals surface area (Å²) >= 11 is 1.33. The Morgan fingerprint density at radius 2 is 2.26 bits per heavy atom. The van der Waals surface area contributed by atoms with E-state index in [1.807, 2.05) is 17.0 Å². The molecule has 3 heterocycles. The molecule has 6 nitrogen and oxygen atoms in total. The lowest BCUT2D eigenvalue weighted by molar-refractivity contribution is 0.162. The number of amides is 2. The van der Waals surface area contributed by atoms with Crippen molar-refractivity contribution in [3.63, 3.8) is 0 Å². The maximum absolute atomic E-state index is 12.6. The highest BCUT2D eigenvalue weighted by Crippen LogP contribution is 2.32. The van der Waals surface area contributed by atoms with Crippen molar-refractivity contribution in [3.8, 4) is 0 Å². The second-order valence-corrected chi connectivity index (χ2v) is 6.52. The summed E-state index contributed by atoms with van der Waals surface area (Å²) < 4.78 is 0. The van der Waals surface area contributed by atoms with E-state index < -0.39 is 0 Å². The van der Waals surface area contributed by atoms with E-state index in [2.05, 4.69) is 38.7 Å². The molecule has 118 valence electrons. The first kappa shape index (κ1) is 14.2. The van der Waals surface area contributed by atoms with Gasteiger partial charge in [0.1, 0.15) is 5.51 Å². The molecule has 0 bridgehead atoms. The van der Waals surface area contributed by atoms with Gasteiger partial charge in [-0.05, 0) is 36.8 Å². The van der Waals surface area contributed by atoms with Gasteiger partial charge in [0.05, 0.1) is 6.04 Å². The summed E-state index contributed by atoms with van der Waals surface area (Å²) in [5, 5.41) is 12.2. The molecule has 0 unspecified atom stereocenters. The van der Waals surface area contributed by atoms with E-state index in [0.29, 0.717) is 5.13 Å². The number of aromatic nitrogens is 3. The van der Waals surface area contributed by atoms with Crippen LogP contribution >= 0.6 is 11.3 Å². The van der Waals surface area contributed by atoms with Crippen molar-refractivity contribution in [2.75, 3.05) is 11.9 Å². The molecule has 1 aromatic carbocycles. The van der Waals surface area contributed by atoms with E-state index in [4.69, 9.17) is 0 Å². The number of piperidine rings is 1. The van der Waals surface area contributed by atoms with E-state index in [1.165, 1.54) is 16.7 Å². The van der Waals surface area contributed by atoms with Gasteiger partial charge in [-0.2, -0.15) is 0 Å². The lowest BCUT2D eigenvalue weighted by atomic mass is 10.00. The molecule has 0 aliphatic carbocycles. The van der Waals surface area contributed by atoms with Crippen molar-refractivity contribution in [2.24, 2.45) is 0 Å². The normalized spacial score (nSPS) is 18.3. The number of rotatable bonds is 2. The fraction of sp³-hybridized carbons (Fsp3) is 0.312. The molecule has 23 heavy (non-hydrogen) atoms. The monoisotopic (exact) mass is 327 g/mol. The van der Waals surface area contributed by atoms with E-state index in [-0.39, 0.29) is 12.1 Å². The number of hydrogen-bond acceptors (Lipinski definition) is 4. The molecule has 1 aliphatic rings. The van der Waals surface area contributed by atoms with Crippen LogP contribution in [-0.2, 0) is 0 Å². The van der Waals surface area contributed by atoms with Gasteiger partial charge in [-0.15, -0.1) is 10.2 Å². The summed E-state index contributed by atoms with van der Waals surface area (Å²) in [6, 6.07) is 10.3. The van der Waals surface area contributed by atoms with Crippen molar-refractivity contribution in [3.05, 3.63) is 41.5 Å². The Hall–Kier alpha value is -2.41. The third-order valence-electron chi connectivity index (χ3n) is 4.25. The van der Waals surface area contributed by atoms with Crippen molar-refractivity contribution < 1.29 is 4.79 Å². The number of likely N-dealkylation sites (tertiary alicyclic amines) is 1. The smallest absolute Gasteiger partial charge is 0.324 e. The molecule has 0 spiro atoms. The zero-order chi connectivity index (χ0) is 15.6. The topological polar surface area (TPSA) is 73.9 Å². The predicted molar refractivity (Wildman–Crippen MR) is 90.5 cm³/mol. The molecule has 1 saturated heterocycles. The van der Waals surface area contributed by atoms with Crippen LogP contribution in [0.4, 0.5) is 9.93 Å². The van der Waals surface area contributed by atoms with Gasteiger partial charge in [-0.1, -0.05) is 29.5 Å². The number of carbonyl (C=O) groups excluding carboxylic acids is 1. The summed E-state index contributed by atoms with van der Waals surface area (Å²) in [4.78, 5) is 18.0. The Morgan fingerprint density at radius 1 is 1.35 bits per heavy atom. The van der Waals surface area contributed by atoms with E-state index in [9.17, 15) is 4.79 Å². The molecule has 3 aromatic rings. The molecule has 2 aromatic heterocycles. The molecular weight excluding hydrogens is 310 g/mol. The van der Waals surface area contributed by atoms with Gasteiger partial charge in [0.15, 0.2) is 0 Å². The van der Waals surface area contributed by atoms with Crippen LogP contribution in [0.25, 0.3) is 10.9 Å².